The van der Waals surface area contributed by atoms with E-state index < -0.39 is 0 Å². The number of benzene rings is 5. The highest BCUT2D eigenvalue weighted by atomic mass is 16.3. The second-order valence-corrected chi connectivity index (χ2v) is 7.25. The van der Waals surface area contributed by atoms with E-state index in [4.69, 9.17) is 0 Å². The Morgan fingerprint density at radius 1 is 0.367 bits per heavy atom. The molecule has 0 saturated carbocycles. The highest BCUT2D eigenvalue weighted by molar-refractivity contribution is 6.21. The van der Waals surface area contributed by atoms with Crippen LogP contribution in [-0.4, -0.2) is 20.4 Å². The molecule has 0 saturated heterocycles. The fraction of sp³-hybridized carbons (Fsp3) is 0. The van der Waals surface area contributed by atoms with Crippen molar-refractivity contribution in [3.05, 3.63) is 84.9 Å². The minimum absolute atomic E-state index is 0.187. The largest absolute Gasteiger partial charge is 0.504 e. The minimum atomic E-state index is -0.204. The predicted molar refractivity (Wildman–Crippen MR) is 119 cm³/mol. The molecular formula is C26H18O4. The van der Waals surface area contributed by atoms with E-state index in [-0.39, 0.29) is 23.0 Å². The summed E-state index contributed by atoms with van der Waals surface area (Å²) in [4.78, 5) is 0. The monoisotopic (exact) mass is 394 g/mol. The Kier molecular flexibility index (Phi) is 4.00. The summed E-state index contributed by atoms with van der Waals surface area (Å²) >= 11 is 0. The highest BCUT2D eigenvalue weighted by Gasteiger charge is 2.19. The van der Waals surface area contributed by atoms with Gasteiger partial charge in [0.15, 0.2) is 23.0 Å². The molecule has 0 aliphatic carbocycles. The highest BCUT2D eigenvalue weighted by Crippen LogP contribution is 2.46. The fourth-order valence-electron chi connectivity index (χ4n) is 4.10. The van der Waals surface area contributed by atoms with E-state index in [1.54, 1.807) is 12.1 Å². The maximum absolute atomic E-state index is 10.2. The second-order valence-electron chi connectivity index (χ2n) is 7.25. The van der Waals surface area contributed by atoms with E-state index in [1.165, 1.54) is 24.3 Å². The van der Waals surface area contributed by atoms with Gasteiger partial charge in [-0.2, -0.15) is 0 Å². The molecule has 0 atom stereocenters. The maximum atomic E-state index is 10.2. The number of fused-ring (bicyclic) bond motifs is 3. The number of hydrogen-bond donors (Lipinski definition) is 4. The maximum Gasteiger partial charge on any atom is 0.158 e. The van der Waals surface area contributed by atoms with Gasteiger partial charge in [0.05, 0.1) is 0 Å². The van der Waals surface area contributed by atoms with Crippen LogP contribution in [0.1, 0.15) is 0 Å². The third-order valence-corrected chi connectivity index (χ3v) is 5.46. The molecular weight excluding hydrogens is 376 g/mol. The van der Waals surface area contributed by atoms with Gasteiger partial charge in [0, 0.05) is 0 Å². The van der Waals surface area contributed by atoms with Crippen molar-refractivity contribution in [1.82, 2.24) is 0 Å². The lowest BCUT2D eigenvalue weighted by molar-refractivity contribution is 0.404. The summed E-state index contributed by atoms with van der Waals surface area (Å²) in [6.07, 6.45) is 0. The van der Waals surface area contributed by atoms with Crippen molar-refractivity contribution in [3.63, 3.8) is 0 Å². The second kappa shape index (κ2) is 6.71. The molecule has 0 radical (unpaired) electrons. The zero-order valence-corrected chi connectivity index (χ0v) is 15.9. The van der Waals surface area contributed by atoms with Crippen LogP contribution < -0.4 is 0 Å². The molecule has 4 nitrogen and oxygen atoms in total. The molecule has 0 amide bonds. The minimum Gasteiger partial charge on any atom is -0.504 e. The summed E-state index contributed by atoms with van der Waals surface area (Å²) in [5, 5.41) is 44.0. The number of aromatic hydroxyl groups is 4. The molecule has 5 rings (SSSR count). The molecule has 4 heteroatoms. The lowest BCUT2D eigenvalue weighted by Gasteiger charge is -2.19. The molecule has 0 fully saturated rings. The molecule has 30 heavy (non-hydrogen) atoms. The van der Waals surface area contributed by atoms with E-state index in [0.29, 0.717) is 0 Å². The van der Waals surface area contributed by atoms with Crippen LogP contribution in [0.3, 0.4) is 0 Å². The molecule has 5 aromatic rings. The van der Waals surface area contributed by atoms with Crippen molar-refractivity contribution >= 4 is 21.5 Å². The summed E-state index contributed by atoms with van der Waals surface area (Å²) in [5.74, 6) is -0.783. The van der Waals surface area contributed by atoms with Crippen molar-refractivity contribution in [1.29, 1.82) is 0 Å². The topological polar surface area (TPSA) is 80.9 Å². The number of phenolic OH excluding ortho intramolecular Hbond substituents is 4. The van der Waals surface area contributed by atoms with Crippen molar-refractivity contribution in [2.75, 3.05) is 0 Å². The van der Waals surface area contributed by atoms with Gasteiger partial charge in [0.1, 0.15) is 0 Å². The normalized spacial score (nSPS) is 11.2. The van der Waals surface area contributed by atoms with Crippen molar-refractivity contribution < 1.29 is 20.4 Å². The first-order chi connectivity index (χ1) is 14.5. The van der Waals surface area contributed by atoms with Gasteiger partial charge >= 0.3 is 0 Å². The molecule has 0 aliphatic heterocycles. The van der Waals surface area contributed by atoms with Crippen molar-refractivity contribution in [3.8, 4) is 45.3 Å². The van der Waals surface area contributed by atoms with Gasteiger partial charge in [-0.1, -0.05) is 60.7 Å². The van der Waals surface area contributed by atoms with E-state index in [9.17, 15) is 20.4 Å². The van der Waals surface area contributed by atoms with Crippen LogP contribution in [0.15, 0.2) is 84.9 Å². The molecule has 5 aromatic carbocycles. The molecule has 0 unspecified atom stereocenters. The van der Waals surface area contributed by atoms with Gasteiger partial charge in [-0.3, -0.25) is 0 Å². The first kappa shape index (κ1) is 17.9. The third-order valence-electron chi connectivity index (χ3n) is 5.46. The lowest BCUT2D eigenvalue weighted by Crippen LogP contribution is -1.91. The van der Waals surface area contributed by atoms with E-state index in [2.05, 4.69) is 12.1 Å². The van der Waals surface area contributed by atoms with Crippen LogP contribution >= 0.6 is 0 Å². The van der Waals surface area contributed by atoms with Crippen LogP contribution in [0.5, 0.6) is 23.0 Å². The Morgan fingerprint density at radius 2 is 0.733 bits per heavy atom. The summed E-state index contributed by atoms with van der Waals surface area (Å²) < 4.78 is 0. The zero-order valence-electron chi connectivity index (χ0n) is 15.9. The average Bonchev–Trinajstić information content (AvgIpc) is 2.77. The molecule has 0 spiro atoms. The van der Waals surface area contributed by atoms with Crippen LogP contribution in [0.2, 0.25) is 0 Å². The Hall–Kier alpha value is -4.18. The van der Waals surface area contributed by atoms with Crippen molar-refractivity contribution in [2.45, 2.75) is 0 Å². The van der Waals surface area contributed by atoms with Crippen molar-refractivity contribution in [2.24, 2.45) is 0 Å². The summed E-state index contributed by atoms with van der Waals surface area (Å²) in [7, 11) is 0. The van der Waals surface area contributed by atoms with Crippen LogP contribution in [-0.2, 0) is 0 Å². The zero-order chi connectivity index (χ0) is 20.8. The Labute approximate surface area is 172 Å². The van der Waals surface area contributed by atoms with Gasteiger partial charge in [0.25, 0.3) is 0 Å². The molecule has 0 aromatic heterocycles. The first-order valence-electron chi connectivity index (χ1n) is 9.53. The van der Waals surface area contributed by atoms with Gasteiger partial charge < -0.3 is 20.4 Å². The van der Waals surface area contributed by atoms with Gasteiger partial charge in [-0.25, -0.2) is 0 Å². The third kappa shape index (κ3) is 2.70. The first-order valence-corrected chi connectivity index (χ1v) is 9.53. The summed E-state index contributed by atoms with van der Waals surface area (Å²) in [5.41, 5.74) is 3.19. The Balaban J connectivity index is 2.01. The standard InChI is InChI=1S/C26H18O4/c27-21-11-9-15(13-23(21)29)25-19-7-3-1-5-17(19)18-6-2-4-8-20(18)26(25)16-10-12-22(28)24(30)14-16/h1-14,27-30H. The number of hydrogen-bond acceptors (Lipinski definition) is 4. The quantitative estimate of drug-likeness (QED) is 0.214. The molecule has 146 valence electrons. The summed E-state index contributed by atoms with van der Waals surface area (Å²) in [6, 6.07) is 25.6. The van der Waals surface area contributed by atoms with Gasteiger partial charge in [0.2, 0.25) is 0 Å². The molecule has 0 bridgehead atoms. The SMILES string of the molecule is Oc1ccc(-c2c(-c3ccc(O)c(O)c3)c3ccccc3c3ccccc23)cc1O. The van der Waals surface area contributed by atoms with Crippen LogP contribution in [0.4, 0.5) is 0 Å². The summed E-state index contributed by atoms with van der Waals surface area (Å²) in [6.45, 7) is 0. The van der Waals surface area contributed by atoms with Crippen LogP contribution in [0.25, 0.3) is 43.8 Å². The number of rotatable bonds is 2. The molecule has 0 aliphatic rings. The predicted octanol–water partition coefficient (Wildman–Crippen LogP) is 6.15. The fourth-order valence-corrected chi connectivity index (χ4v) is 4.10. The lowest BCUT2D eigenvalue weighted by atomic mass is 9.85. The average molecular weight is 394 g/mol. The van der Waals surface area contributed by atoms with E-state index in [1.807, 2.05) is 36.4 Å². The van der Waals surface area contributed by atoms with E-state index in [0.717, 1.165) is 43.8 Å². The molecule has 4 N–H and O–H groups in total. The Morgan fingerprint density at radius 3 is 1.10 bits per heavy atom. The van der Waals surface area contributed by atoms with E-state index >= 15 is 0 Å². The van der Waals surface area contributed by atoms with Gasteiger partial charge in [-0.05, 0) is 68.1 Å². The molecule has 0 heterocycles. The smallest absolute Gasteiger partial charge is 0.158 e. The van der Waals surface area contributed by atoms with Crippen LogP contribution in [0, 0.1) is 0 Å². The van der Waals surface area contributed by atoms with Gasteiger partial charge in [-0.15, -0.1) is 0 Å². The Bertz CT molecular complexity index is 1330. The number of phenols is 4.